The van der Waals surface area contributed by atoms with Gasteiger partial charge < -0.3 is 0 Å². The van der Waals surface area contributed by atoms with Crippen molar-refractivity contribution in [3.05, 3.63) is 29.8 Å². The van der Waals surface area contributed by atoms with Crippen molar-refractivity contribution in [2.45, 2.75) is 24.8 Å². The molecule has 1 aromatic rings. The van der Waals surface area contributed by atoms with Gasteiger partial charge in [-0.1, -0.05) is 17.7 Å². The minimum absolute atomic E-state index is 0.0934. The number of aryl methyl sites for hydroxylation is 1. The first-order valence-corrected chi connectivity index (χ1v) is 8.10. The van der Waals surface area contributed by atoms with Crippen molar-refractivity contribution in [2.75, 3.05) is 19.6 Å². The molecule has 20 heavy (non-hydrogen) atoms. The Balaban J connectivity index is 1.91. The smallest absolute Gasteiger partial charge is 0.240 e. The molecule has 1 aliphatic rings. The number of hydrogen-bond donors (Lipinski definition) is 1. The molecule has 0 unspecified atom stereocenters. The van der Waals surface area contributed by atoms with Gasteiger partial charge in [0.2, 0.25) is 10.0 Å². The predicted molar refractivity (Wildman–Crippen MR) is 76.5 cm³/mol. The van der Waals surface area contributed by atoms with E-state index in [0.29, 0.717) is 6.54 Å². The number of likely N-dealkylation sites (tertiary alicyclic amines) is 1. The number of benzene rings is 1. The lowest BCUT2D eigenvalue weighted by Gasteiger charge is -2.36. The van der Waals surface area contributed by atoms with E-state index in [-0.39, 0.29) is 16.9 Å². The maximum absolute atomic E-state index is 12.2. The monoisotopic (exact) mass is 293 g/mol. The van der Waals surface area contributed by atoms with Crippen molar-refractivity contribution in [3.63, 3.8) is 0 Å². The van der Waals surface area contributed by atoms with Gasteiger partial charge in [-0.2, -0.15) is 5.26 Å². The van der Waals surface area contributed by atoms with E-state index in [4.69, 9.17) is 5.26 Å². The SMILES string of the molecule is Cc1ccc(S(=O)(=O)N[C@H](C)CN2CC(C#N)C2)cc1. The molecule has 0 radical (unpaired) electrons. The molecule has 1 heterocycles. The molecule has 1 atom stereocenters. The lowest BCUT2D eigenvalue weighted by atomic mass is 10.0. The Hall–Kier alpha value is -1.42. The van der Waals surface area contributed by atoms with E-state index >= 15 is 0 Å². The van der Waals surface area contributed by atoms with Gasteiger partial charge in [-0.15, -0.1) is 0 Å². The molecule has 6 heteroatoms. The van der Waals surface area contributed by atoms with E-state index in [0.717, 1.165) is 18.7 Å². The average molecular weight is 293 g/mol. The summed E-state index contributed by atoms with van der Waals surface area (Å²) in [6, 6.07) is 8.81. The topological polar surface area (TPSA) is 73.2 Å². The van der Waals surface area contributed by atoms with Crippen LogP contribution in [0.2, 0.25) is 0 Å². The number of hydrogen-bond acceptors (Lipinski definition) is 4. The van der Waals surface area contributed by atoms with Crippen molar-refractivity contribution in [1.82, 2.24) is 9.62 Å². The lowest BCUT2D eigenvalue weighted by Crippen LogP contribution is -2.51. The molecule has 5 nitrogen and oxygen atoms in total. The van der Waals surface area contributed by atoms with Gasteiger partial charge in [-0.25, -0.2) is 13.1 Å². The minimum Gasteiger partial charge on any atom is -0.299 e. The Labute approximate surface area is 120 Å². The summed E-state index contributed by atoms with van der Waals surface area (Å²) in [5.74, 6) is 0.0934. The Morgan fingerprint density at radius 2 is 2.00 bits per heavy atom. The van der Waals surface area contributed by atoms with Gasteiger partial charge in [-0.05, 0) is 26.0 Å². The van der Waals surface area contributed by atoms with Crippen LogP contribution in [-0.4, -0.2) is 39.0 Å². The number of nitrogens with zero attached hydrogens (tertiary/aromatic N) is 2. The fourth-order valence-corrected chi connectivity index (χ4v) is 3.51. The van der Waals surface area contributed by atoms with Crippen LogP contribution in [0.15, 0.2) is 29.2 Å². The Kier molecular flexibility index (Phi) is 4.43. The van der Waals surface area contributed by atoms with Crippen molar-refractivity contribution in [3.8, 4) is 6.07 Å². The van der Waals surface area contributed by atoms with Gasteiger partial charge in [-0.3, -0.25) is 4.90 Å². The van der Waals surface area contributed by atoms with E-state index in [1.165, 1.54) is 0 Å². The first kappa shape index (κ1) is 15.0. The summed E-state index contributed by atoms with van der Waals surface area (Å²) in [5.41, 5.74) is 1.03. The van der Waals surface area contributed by atoms with Crippen LogP contribution in [0.5, 0.6) is 0 Å². The van der Waals surface area contributed by atoms with Crippen LogP contribution in [0.4, 0.5) is 0 Å². The minimum atomic E-state index is -3.47. The van der Waals surface area contributed by atoms with Crippen LogP contribution in [0, 0.1) is 24.2 Å². The summed E-state index contributed by atoms with van der Waals surface area (Å²) in [5, 5.41) is 8.71. The van der Waals surface area contributed by atoms with Crippen molar-refractivity contribution in [2.24, 2.45) is 5.92 Å². The molecule has 1 N–H and O–H groups in total. The van der Waals surface area contributed by atoms with Gasteiger partial charge >= 0.3 is 0 Å². The quantitative estimate of drug-likeness (QED) is 0.883. The van der Waals surface area contributed by atoms with E-state index in [1.54, 1.807) is 24.3 Å². The van der Waals surface area contributed by atoms with E-state index in [1.807, 2.05) is 13.8 Å². The Morgan fingerprint density at radius 3 is 2.55 bits per heavy atom. The fraction of sp³-hybridized carbons (Fsp3) is 0.500. The molecule has 0 aromatic heterocycles. The van der Waals surface area contributed by atoms with Crippen molar-refractivity contribution < 1.29 is 8.42 Å². The largest absolute Gasteiger partial charge is 0.299 e. The third-order valence-electron chi connectivity index (χ3n) is 3.36. The van der Waals surface area contributed by atoms with E-state index in [9.17, 15) is 8.42 Å². The number of rotatable bonds is 5. The van der Waals surface area contributed by atoms with E-state index in [2.05, 4.69) is 15.7 Å². The highest BCUT2D eigenvalue weighted by Crippen LogP contribution is 2.15. The summed E-state index contributed by atoms with van der Waals surface area (Å²) in [7, 11) is -3.47. The van der Waals surface area contributed by atoms with Crippen LogP contribution in [0.3, 0.4) is 0 Å². The van der Waals surface area contributed by atoms with Gasteiger partial charge in [0.15, 0.2) is 0 Å². The molecule has 2 rings (SSSR count). The molecule has 0 amide bonds. The number of nitrogens with one attached hydrogen (secondary N) is 1. The highest BCUT2D eigenvalue weighted by Gasteiger charge is 2.28. The molecule has 0 aliphatic carbocycles. The summed E-state index contributed by atoms with van der Waals surface area (Å²) in [4.78, 5) is 2.37. The highest BCUT2D eigenvalue weighted by atomic mass is 32.2. The molecule has 108 valence electrons. The van der Waals surface area contributed by atoms with Crippen LogP contribution in [0.1, 0.15) is 12.5 Å². The van der Waals surface area contributed by atoms with Crippen molar-refractivity contribution in [1.29, 1.82) is 5.26 Å². The molecule has 1 fully saturated rings. The number of sulfonamides is 1. The van der Waals surface area contributed by atoms with Crippen LogP contribution >= 0.6 is 0 Å². The average Bonchev–Trinajstić information content (AvgIpc) is 2.33. The van der Waals surface area contributed by atoms with Gasteiger partial charge in [0.1, 0.15) is 0 Å². The predicted octanol–water partition coefficient (Wildman–Crippen LogP) is 1.12. The van der Waals surface area contributed by atoms with Crippen LogP contribution < -0.4 is 4.72 Å². The maximum atomic E-state index is 12.2. The van der Waals surface area contributed by atoms with Gasteiger partial charge in [0.25, 0.3) is 0 Å². The summed E-state index contributed by atoms with van der Waals surface area (Å²) < 4.78 is 27.0. The van der Waals surface area contributed by atoms with Crippen molar-refractivity contribution >= 4 is 10.0 Å². The zero-order chi connectivity index (χ0) is 14.8. The molecule has 1 saturated heterocycles. The molecule has 0 spiro atoms. The lowest BCUT2D eigenvalue weighted by molar-refractivity contribution is 0.126. The number of nitriles is 1. The summed E-state index contributed by atoms with van der Waals surface area (Å²) in [6.45, 7) is 5.84. The zero-order valence-electron chi connectivity index (χ0n) is 11.7. The molecular formula is C14H19N3O2S. The molecule has 1 aromatic carbocycles. The van der Waals surface area contributed by atoms with Crippen LogP contribution in [-0.2, 0) is 10.0 Å². The highest BCUT2D eigenvalue weighted by molar-refractivity contribution is 7.89. The fourth-order valence-electron chi connectivity index (χ4n) is 2.28. The first-order valence-electron chi connectivity index (χ1n) is 6.61. The summed E-state index contributed by atoms with van der Waals surface area (Å²) >= 11 is 0. The summed E-state index contributed by atoms with van der Waals surface area (Å²) in [6.07, 6.45) is 0. The van der Waals surface area contributed by atoms with E-state index < -0.39 is 10.0 Å². The molecule has 0 saturated carbocycles. The second kappa shape index (κ2) is 5.92. The standard InChI is InChI=1S/C14H19N3O2S/c1-11-3-5-14(6-4-11)20(18,19)16-12(2)8-17-9-13(7-15)10-17/h3-6,12-13,16H,8-10H2,1-2H3/t12-/m1/s1. The van der Waals surface area contributed by atoms with Crippen LogP contribution in [0.25, 0.3) is 0 Å². The van der Waals surface area contributed by atoms with Gasteiger partial charge in [0.05, 0.1) is 16.9 Å². The Morgan fingerprint density at radius 1 is 1.40 bits per heavy atom. The second-order valence-electron chi connectivity index (χ2n) is 5.38. The second-order valence-corrected chi connectivity index (χ2v) is 7.09. The molecule has 1 aliphatic heterocycles. The maximum Gasteiger partial charge on any atom is 0.240 e. The molecular weight excluding hydrogens is 274 g/mol. The normalized spacial score (nSPS) is 18.2. The first-order chi connectivity index (χ1) is 9.40. The molecule has 0 bridgehead atoms. The Bertz CT molecular complexity index is 598. The third kappa shape index (κ3) is 3.57. The zero-order valence-corrected chi connectivity index (χ0v) is 12.5. The van der Waals surface area contributed by atoms with Gasteiger partial charge in [0, 0.05) is 25.7 Å². The third-order valence-corrected chi connectivity index (χ3v) is 4.96.